The maximum Gasteiger partial charge on any atom is 0.223 e. The molecule has 0 saturated carbocycles. The molecule has 0 radical (unpaired) electrons. The molecule has 3 N–H and O–H groups in total. The molecule has 1 aromatic heterocycles. The number of hydrogen-bond donors (Lipinski definition) is 3. The van der Waals surface area contributed by atoms with Crippen LogP contribution >= 0.6 is 0 Å². The normalized spacial score (nSPS) is 20.7. The number of H-pyrrole nitrogens is 1. The molecule has 5 heteroatoms. The molecule has 1 aromatic rings. The van der Waals surface area contributed by atoms with E-state index in [1.165, 1.54) is 5.56 Å². The van der Waals surface area contributed by atoms with Crippen molar-refractivity contribution in [2.24, 2.45) is 5.92 Å². The van der Waals surface area contributed by atoms with Crippen LogP contribution in [0.5, 0.6) is 0 Å². The monoisotopic (exact) mass is 237 g/mol. The minimum absolute atomic E-state index is 0.0316. The van der Waals surface area contributed by atoms with Crippen LogP contribution in [-0.4, -0.2) is 33.9 Å². The molecule has 1 aliphatic carbocycles. The molecule has 0 bridgehead atoms. The van der Waals surface area contributed by atoms with E-state index in [0.717, 1.165) is 25.0 Å². The van der Waals surface area contributed by atoms with Crippen LogP contribution in [0.1, 0.15) is 31.0 Å². The number of rotatable bonds is 4. The Balaban J connectivity index is 1.90. The van der Waals surface area contributed by atoms with Gasteiger partial charge in [-0.15, -0.1) is 0 Å². The van der Waals surface area contributed by atoms with E-state index in [1.54, 1.807) is 0 Å². The van der Waals surface area contributed by atoms with Gasteiger partial charge in [0.1, 0.15) is 0 Å². The Kier molecular flexibility index (Phi) is 3.78. The number of nitrogens with zero attached hydrogens (tertiary/aromatic N) is 1. The Morgan fingerprint density at radius 3 is 3.35 bits per heavy atom. The van der Waals surface area contributed by atoms with Gasteiger partial charge in [-0.05, 0) is 31.7 Å². The van der Waals surface area contributed by atoms with Gasteiger partial charge in [0, 0.05) is 30.7 Å². The number of aromatic nitrogens is 2. The highest BCUT2D eigenvalue weighted by atomic mass is 16.3. The molecule has 1 amide bonds. The molecule has 5 nitrogen and oxygen atoms in total. The van der Waals surface area contributed by atoms with Crippen molar-refractivity contribution in [3.8, 4) is 0 Å². The van der Waals surface area contributed by atoms with Crippen LogP contribution in [0.4, 0.5) is 0 Å². The first-order chi connectivity index (χ1) is 8.20. The largest absolute Gasteiger partial charge is 0.396 e. The molecule has 0 spiro atoms. The van der Waals surface area contributed by atoms with Gasteiger partial charge in [0.15, 0.2) is 0 Å². The van der Waals surface area contributed by atoms with Crippen molar-refractivity contribution in [2.75, 3.05) is 6.61 Å². The zero-order chi connectivity index (χ0) is 12.3. The van der Waals surface area contributed by atoms with E-state index in [4.69, 9.17) is 5.11 Å². The summed E-state index contributed by atoms with van der Waals surface area (Å²) >= 11 is 0. The van der Waals surface area contributed by atoms with Crippen molar-refractivity contribution in [2.45, 2.75) is 38.6 Å². The molecule has 1 heterocycles. The summed E-state index contributed by atoms with van der Waals surface area (Å²) in [5, 5.41) is 18.7. The number of hydrogen-bond acceptors (Lipinski definition) is 3. The summed E-state index contributed by atoms with van der Waals surface area (Å²) in [5.41, 5.74) is 2.32. The van der Waals surface area contributed by atoms with E-state index in [-0.39, 0.29) is 24.5 Å². The van der Waals surface area contributed by atoms with E-state index in [0.29, 0.717) is 6.42 Å². The van der Waals surface area contributed by atoms with Crippen LogP contribution < -0.4 is 5.32 Å². The third-order valence-corrected chi connectivity index (χ3v) is 3.34. The van der Waals surface area contributed by atoms with Crippen molar-refractivity contribution in [3.63, 3.8) is 0 Å². The highest BCUT2D eigenvalue weighted by Gasteiger charge is 2.26. The van der Waals surface area contributed by atoms with E-state index >= 15 is 0 Å². The minimum atomic E-state index is 0.0316. The summed E-state index contributed by atoms with van der Waals surface area (Å²) in [5.74, 6) is 0.121. The van der Waals surface area contributed by atoms with Crippen LogP contribution in [0.25, 0.3) is 0 Å². The van der Waals surface area contributed by atoms with Crippen LogP contribution in [0.3, 0.4) is 0 Å². The Hall–Kier alpha value is -1.36. The first-order valence-electron chi connectivity index (χ1n) is 6.13. The van der Waals surface area contributed by atoms with Gasteiger partial charge >= 0.3 is 0 Å². The number of fused-ring (bicyclic) bond motifs is 1. The molecule has 2 atom stereocenters. The molecule has 0 fully saturated rings. The average Bonchev–Trinajstić information content (AvgIpc) is 2.75. The van der Waals surface area contributed by atoms with Crippen LogP contribution in [0, 0.1) is 5.92 Å². The summed E-state index contributed by atoms with van der Waals surface area (Å²) in [6.07, 6.45) is 4.99. The fraction of sp³-hybridized carbons (Fsp3) is 0.667. The molecule has 1 aliphatic rings. The van der Waals surface area contributed by atoms with Gasteiger partial charge in [-0.25, -0.2) is 0 Å². The predicted octanol–water partition coefficient (Wildman–Crippen LogP) is 0.402. The number of nitrogens with one attached hydrogen (secondary N) is 2. The molecule has 0 aliphatic heterocycles. The lowest BCUT2D eigenvalue weighted by molar-refractivity contribution is -0.126. The van der Waals surface area contributed by atoms with Gasteiger partial charge in [-0.1, -0.05) is 0 Å². The van der Waals surface area contributed by atoms with Crippen molar-refractivity contribution < 1.29 is 9.90 Å². The highest BCUT2D eigenvalue weighted by Crippen LogP contribution is 2.23. The number of aliphatic hydroxyl groups is 1. The second-order valence-corrected chi connectivity index (χ2v) is 4.74. The maximum absolute atomic E-state index is 12.0. The number of aryl methyl sites for hydroxylation is 1. The first-order valence-corrected chi connectivity index (χ1v) is 6.13. The van der Waals surface area contributed by atoms with Gasteiger partial charge in [-0.3, -0.25) is 9.89 Å². The van der Waals surface area contributed by atoms with Crippen molar-refractivity contribution in [1.29, 1.82) is 0 Å². The van der Waals surface area contributed by atoms with Crippen molar-refractivity contribution in [3.05, 3.63) is 17.5 Å². The maximum atomic E-state index is 12.0. The molecule has 17 heavy (non-hydrogen) atoms. The van der Waals surface area contributed by atoms with Gasteiger partial charge in [0.05, 0.1) is 6.20 Å². The average molecular weight is 237 g/mol. The van der Waals surface area contributed by atoms with E-state index < -0.39 is 0 Å². The Morgan fingerprint density at radius 1 is 1.76 bits per heavy atom. The first kappa shape index (κ1) is 12.1. The lowest BCUT2D eigenvalue weighted by Crippen LogP contribution is -2.39. The lowest BCUT2D eigenvalue weighted by atomic mass is 9.87. The number of aliphatic hydroxyl groups excluding tert-OH is 1. The fourth-order valence-electron chi connectivity index (χ4n) is 2.26. The smallest absolute Gasteiger partial charge is 0.223 e. The molecular formula is C12H19N3O2. The molecule has 2 rings (SSSR count). The fourth-order valence-corrected chi connectivity index (χ4v) is 2.26. The van der Waals surface area contributed by atoms with Gasteiger partial charge in [-0.2, -0.15) is 5.10 Å². The number of carbonyl (C=O) groups excluding carboxylic acids is 1. The summed E-state index contributed by atoms with van der Waals surface area (Å²) in [6, 6.07) is 0.0377. The minimum Gasteiger partial charge on any atom is -0.396 e. The molecule has 94 valence electrons. The summed E-state index contributed by atoms with van der Waals surface area (Å²) in [4.78, 5) is 12.0. The second-order valence-electron chi connectivity index (χ2n) is 4.74. The van der Waals surface area contributed by atoms with Gasteiger partial charge < -0.3 is 10.4 Å². The molecule has 0 aromatic carbocycles. The van der Waals surface area contributed by atoms with E-state index in [2.05, 4.69) is 15.5 Å². The summed E-state index contributed by atoms with van der Waals surface area (Å²) in [7, 11) is 0. The van der Waals surface area contributed by atoms with Crippen molar-refractivity contribution >= 4 is 5.91 Å². The highest BCUT2D eigenvalue weighted by molar-refractivity contribution is 5.79. The SMILES string of the molecule is CC(CCO)NC(=O)C1CCc2cn[nH]c2C1. The third kappa shape index (κ3) is 2.85. The Morgan fingerprint density at radius 2 is 2.59 bits per heavy atom. The number of carbonyl (C=O) groups is 1. The zero-order valence-electron chi connectivity index (χ0n) is 10.1. The summed E-state index contributed by atoms with van der Waals surface area (Å²) < 4.78 is 0. The predicted molar refractivity (Wildman–Crippen MR) is 63.4 cm³/mol. The van der Waals surface area contributed by atoms with Gasteiger partial charge in [0.2, 0.25) is 5.91 Å². The zero-order valence-corrected chi connectivity index (χ0v) is 10.1. The molecule has 2 unspecified atom stereocenters. The number of amides is 1. The van der Waals surface area contributed by atoms with E-state index in [9.17, 15) is 4.79 Å². The van der Waals surface area contributed by atoms with Crippen LogP contribution in [0.2, 0.25) is 0 Å². The standard InChI is InChI=1S/C12H19N3O2/c1-8(4-5-16)14-12(17)9-2-3-10-7-13-15-11(10)6-9/h7-9,16H,2-6H2,1H3,(H,13,15)(H,14,17). The van der Waals surface area contributed by atoms with E-state index in [1.807, 2.05) is 13.1 Å². The second kappa shape index (κ2) is 5.31. The van der Waals surface area contributed by atoms with Gasteiger partial charge in [0.25, 0.3) is 0 Å². The Labute approximate surface area is 101 Å². The number of aromatic amines is 1. The summed E-state index contributed by atoms with van der Waals surface area (Å²) in [6.45, 7) is 2.02. The lowest BCUT2D eigenvalue weighted by Gasteiger charge is -2.23. The third-order valence-electron chi connectivity index (χ3n) is 3.34. The van der Waals surface area contributed by atoms with Crippen molar-refractivity contribution in [1.82, 2.24) is 15.5 Å². The van der Waals surface area contributed by atoms with Crippen LogP contribution in [0.15, 0.2) is 6.20 Å². The Bertz CT molecular complexity index is 389. The molecular weight excluding hydrogens is 218 g/mol. The quantitative estimate of drug-likeness (QED) is 0.709. The molecule has 0 saturated heterocycles. The topological polar surface area (TPSA) is 78.0 Å². The van der Waals surface area contributed by atoms with Crippen LogP contribution in [-0.2, 0) is 17.6 Å².